The summed E-state index contributed by atoms with van der Waals surface area (Å²) < 4.78 is 0. The number of nitrogens with zero attached hydrogens (tertiary/aromatic N) is 3. The maximum Gasteiger partial charge on any atom is 0.240 e. The summed E-state index contributed by atoms with van der Waals surface area (Å²) in [5.41, 5.74) is 3.45. The van der Waals surface area contributed by atoms with Crippen molar-refractivity contribution < 1.29 is 14.4 Å². The molecule has 0 spiro atoms. The average Bonchev–Trinajstić information content (AvgIpc) is 3.16. The van der Waals surface area contributed by atoms with E-state index in [0.29, 0.717) is 5.69 Å². The molecule has 2 saturated heterocycles. The van der Waals surface area contributed by atoms with Gasteiger partial charge in [0.05, 0.1) is 29.8 Å². The molecule has 2 aromatic carbocycles. The fourth-order valence-electron chi connectivity index (χ4n) is 4.77. The number of amides is 2. The van der Waals surface area contributed by atoms with Gasteiger partial charge in [0.15, 0.2) is 5.78 Å². The summed E-state index contributed by atoms with van der Waals surface area (Å²) >= 11 is 0. The van der Waals surface area contributed by atoms with Crippen LogP contribution in [-0.4, -0.2) is 34.9 Å². The van der Waals surface area contributed by atoms with Crippen molar-refractivity contribution in [2.24, 2.45) is 16.9 Å². The lowest BCUT2D eigenvalue weighted by Gasteiger charge is -2.33. The first-order valence-corrected chi connectivity index (χ1v) is 9.35. The Morgan fingerprint density at radius 3 is 2.36 bits per heavy atom. The Hall–Kier alpha value is -3.28. The van der Waals surface area contributed by atoms with Crippen LogP contribution < -0.4 is 4.90 Å². The number of carbonyl (C=O) groups is 3. The van der Waals surface area contributed by atoms with E-state index in [1.807, 2.05) is 43.3 Å². The molecule has 0 radical (unpaired) electrons. The van der Waals surface area contributed by atoms with Gasteiger partial charge in [-0.25, -0.2) is 4.90 Å². The zero-order valence-corrected chi connectivity index (χ0v) is 15.6. The normalized spacial score (nSPS) is 27.6. The Labute approximate surface area is 162 Å². The Bertz CT molecular complexity index is 1040. The molecule has 5 rings (SSSR count). The van der Waals surface area contributed by atoms with Gasteiger partial charge >= 0.3 is 0 Å². The second-order valence-corrected chi connectivity index (χ2v) is 7.65. The van der Waals surface area contributed by atoms with Gasteiger partial charge in [-0.2, -0.15) is 5.10 Å². The number of anilines is 1. The van der Waals surface area contributed by atoms with Crippen LogP contribution in [0.2, 0.25) is 0 Å². The van der Waals surface area contributed by atoms with E-state index < -0.39 is 23.9 Å². The zero-order valence-electron chi connectivity index (χ0n) is 15.6. The van der Waals surface area contributed by atoms with E-state index in [0.717, 1.165) is 16.7 Å². The third-order valence-corrected chi connectivity index (χ3v) is 6.00. The standard InChI is InChI=1S/C22H19N3O3/c1-12-7-9-15(10-8-12)24-21(27)17-18(22(24)28)20-16-6-4-3-5-14(16)11-23-25(20)19(17)13(2)26/h3-11,17-20H,1-2H3. The quantitative estimate of drug-likeness (QED) is 0.759. The summed E-state index contributed by atoms with van der Waals surface area (Å²) in [6.07, 6.45) is 1.70. The van der Waals surface area contributed by atoms with Gasteiger partial charge in [-0.1, -0.05) is 42.0 Å². The molecular formula is C22H19N3O3. The molecule has 2 aromatic rings. The van der Waals surface area contributed by atoms with Crippen molar-refractivity contribution in [2.75, 3.05) is 4.90 Å². The van der Waals surface area contributed by atoms with Gasteiger partial charge in [-0.15, -0.1) is 0 Å². The summed E-state index contributed by atoms with van der Waals surface area (Å²) in [5, 5.41) is 6.13. The molecule has 4 atom stereocenters. The minimum Gasteiger partial charge on any atom is -0.298 e. The zero-order chi connectivity index (χ0) is 19.6. The molecule has 140 valence electrons. The number of hydrazone groups is 1. The van der Waals surface area contributed by atoms with E-state index >= 15 is 0 Å². The molecule has 4 unspecified atom stereocenters. The average molecular weight is 373 g/mol. The third-order valence-electron chi connectivity index (χ3n) is 6.00. The monoisotopic (exact) mass is 373 g/mol. The van der Waals surface area contributed by atoms with Crippen LogP contribution in [0.25, 0.3) is 0 Å². The molecule has 3 aliphatic heterocycles. The van der Waals surface area contributed by atoms with Crippen LogP contribution in [0.15, 0.2) is 53.6 Å². The van der Waals surface area contributed by atoms with Crippen molar-refractivity contribution in [3.05, 3.63) is 65.2 Å². The maximum atomic E-state index is 13.4. The SMILES string of the molecule is CC(=O)C1C2C(=O)N(c3ccc(C)cc3)C(=O)C2C2c3ccccc3C=NN12. The molecule has 2 fully saturated rings. The summed E-state index contributed by atoms with van der Waals surface area (Å²) in [5.74, 6) is -2.08. The van der Waals surface area contributed by atoms with E-state index in [1.165, 1.54) is 11.8 Å². The van der Waals surface area contributed by atoms with Gasteiger partial charge in [0, 0.05) is 0 Å². The predicted molar refractivity (Wildman–Crippen MR) is 104 cm³/mol. The smallest absolute Gasteiger partial charge is 0.240 e. The highest BCUT2D eigenvalue weighted by Crippen LogP contribution is 2.52. The van der Waals surface area contributed by atoms with E-state index in [2.05, 4.69) is 5.10 Å². The van der Waals surface area contributed by atoms with Crippen molar-refractivity contribution >= 4 is 29.5 Å². The van der Waals surface area contributed by atoms with Crippen LogP contribution >= 0.6 is 0 Å². The molecular weight excluding hydrogens is 354 g/mol. The number of benzene rings is 2. The van der Waals surface area contributed by atoms with Gasteiger partial charge in [0.25, 0.3) is 0 Å². The Morgan fingerprint density at radius 1 is 0.964 bits per heavy atom. The first kappa shape index (κ1) is 16.9. The van der Waals surface area contributed by atoms with Crippen molar-refractivity contribution in [1.82, 2.24) is 5.01 Å². The van der Waals surface area contributed by atoms with Gasteiger partial charge in [0.1, 0.15) is 6.04 Å². The Balaban J connectivity index is 1.65. The lowest BCUT2D eigenvalue weighted by molar-refractivity contribution is -0.129. The summed E-state index contributed by atoms with van der Waals surface area (Å²) in [7, 11) is 0. The molecule has 6 heteroatoms. The van der Waals surface area contributed by atoms with Crippen LogP contribution in [-0.2, 0) is 14.4 Å². The molecule has 0 bridgehead atoms. The van der Waals surface area contributed by atoms with Crippen LogP contribution in [0.3, 0.4) is 0 Å². The van der Waals surface area contributed by atoms with Crippen LogP contribution in [0.1, 0.15) is 29.7 Å². The first-order chi connectivity index (χ1) is 13.5. The number of imide groups is 1. The van der Waals surface area contributed by atoms with Crippen molar-refractivity contribution in [2.45, 2.75) is 25.9 Å². The summed E-state index contributed by atoms with van der Waals surface area (Å²) in [6.45, 7) is 3.42. The van der Waals surface area contributed by atoms with Gasteiger partial charge < -0.3 is 0 Å². The van der Waals surface area contributed by atoms with Gasteiger partial charge in [-0.3, -0.25) is 19.4 Å². The molecule has 3 aliphatic rings. The number of hydrogen-bond donors (Lipinski definition) is 0. The molecule has 6 nitrogen and oxygen atoms in total. The molecule has 0 N–H and O–H groups in total. The highest BCUT2D eigenvalue weighted by atomic mass is 16.2. The maximum absolute atomic E-state index is 13.4. The van der Waals surface area contributed by atoms with E-state index in [4.69, 9.17) is 0 Å². The lowest BCUT2D eigenvalue weighted by Crippen LogP contribution is -2.43. The Morgan fingerprint density at radius 2 is 1.64 bits per heavy atom. The third kappa shape index (κ3) is 2.14. The summed E-state index contributed by atoms with van der Waals surface area (Å²) in [4.78, 5) is 40.5. The number of carbonyl (C=O) groups excluding carboxylic acids is 3. The van der Waals surface area contributed by atoms with Crippen LogP contribution in [0.5, 0.6) is 0 Å². The second-order valence-electron chi connectivity index (χ2n) is 7.65. The molecule has 28 heavy (non-hydrogen) atoms. The van der Waals surface area contributed by atoms with Crippen LogP contribution in [0, 0.1) is 18.8 Å². The van der Waals surface area contributed by atoms with Gasteiger partial charge in [-0.05, 0) is 37.1 Å². The Kier molecular flexibility index (Phi) is 3.53. The van der Waals surface area contributed by atoms with Crippen LogP contribution in [0.4, 0.5) is 5.69 Å². The first-order valence-electron chi connectivity index (χ1n) is 9.35. The lowest BCUT2D eigenvalue weighted by atomic mass is 9.84. The fraction of sp³-hybridized carbons (Fsp3) is 0.273. The van der Waals surface area contributed by atoms with Crippen molar-refractivity contribution in [3.63, 3.8) is 0 Å². The molecule has 0 aromatic heterocycles. The topological polar surface area (TPSA) is 70.0 Å². The predicted octanol–water partition coefficient (Wildman–Crippen LogP) is 2.46. The number of ketones is 1. The second kappa shape index (κ2) is 5.86. The van der Waals surface area contributed by atoms with E-state index in [1.54, 1.807) is 23.4 Å². The fourth-order valence-corrected chi connectivity index (χ4v) is 4.77. The van der Waals surface area contributed by atoms with E-state index in [9.17, 15) is 14.4 Å². The minimum absolute atomic E-state index is 0.152. The molecule has 2 amide bonds. The van der Waals surface area contributed by atoms with Crippen molar-refractivity contribution in [3.8, 4) is 0 Å². The largest absolute Gasteiger partial charge is 0.298 e. The summed E-state index contributed by atoms with van der Waals surface area (Å²) in [6, 6.07) is 13.9. The highest BCUT2D eigenvalue weighted by Gasteiger charge is 2.64. The van der Waals surface area contributed by atoms with Crippen molar-refractivity contribution in [1.29, 1.82) is 0 Å². The highest BCUT2D eigenvalue weighted by molar-refractivity contribution is 6.24. The molecule has 0 aliphatic carbocycles. The molecule has 3 heterocycles. The minimum atomic E-state index is -0.730. The van der Waals surface area contributed by atoms with Gasteiger partial charge in [0.2, 0.25) is 11.8 Å². The molecule has 0 saturated carbocycles. The number of rotatable bonds is 2. The number of fused-ring (bicyclic) bond motifs is 5. The number of aryl methyl sites for hydroxylation is 1. The van der Waals surface area contributed by atoms with E-state index in [-0.39, 0.29) is 17.6 Å². The number of Topliss-reactive ketones (excluding diaryl/α,β-unsaturated/α-hetero) is 1. The number of hydrogen-bond acceptors (Lipinski definition) is 5.